The van der Waals surface area contributed by atoms with E-state index in [9.17, 15) is 4.79 Å². The van der Waals surface area contributed by atoms with Crippen molar-refractivity contribution in [3.05, 3.63) is 52.5 Å². The molecule has 1 aromatic heterocycles. The predicted octanol–water partition coefficient (Wildman–Crippen LogP) is 4.06. The van der Waals surface area contributed by atoms with Gasteiger partial charge in [-0.15, -0.1) is 22.8 Å². The van der Waals surface area contributed by atoms with Gasteiger partial charge in [0.15, 0.2) is 5.12 Å². The largest absolute Gasteiger partial charge is 0.287 e. The van der Waals surface area contributed by atoms with E-state index in [4.69, 9.17) is 0 Å². The van der Waals surface area contributed by atoms with Crippen LogP contribution in [0.4, 0.5) is 0 Å². The fourth-order valence-electron chi connectivity index (χ4n) is 3.03. The molecule has 0 bridgehead atoms. The molecular formula is C17H14BrN3OS. The number of benzene rings is 2. The number of aromatic nitrogens is 3. The molecule has 0 N–H and O–H groups in total. The van der Waals surface area contributed by atoms with Crippen LogP contribution in [0.5, 0.6) is 0 Å². The first-order valence-electron chi connectivity index (χ1n) is 7.49. The van der Waals surface area contributed by atoms with Gasteiger partial charge in [-0.3, -0.25) is 9.36 Å². The van der Waals surface area contributed by atoms with E-state index in [-0.39, 0.29) is 11.5 Å². The first-order valence-corrected chi connectivity index (χ1v) is 8.73. The van der Waals surface area contributed by atoms with E-state index in [1.165, 1.54) is 23.8 Å². The minimum Gasteiger partial charge on any atom is -0.287 e. The van der Waals surface area contributed by atoms with Gasteiger partial charge in [-0.2, -0.15) is 0 Å². The van der Waals surface area contributed by atoms with Crippen molar-refractivity contribution in [3.63, 3.8) is 0 Å². The monoisotopic (exact) mass is 387 g/mol. The lowest BCUT2D eigenvalue weighted by molar-refractivity contribution is -0.110. The van der Waals surface area contributed by atoms with Crippen molar-refractivity contribution < 1.29 is 4.79 Å². The summed E-state index contributed by atoms with van der Waals surface area (Å²) in [6, 6.07) is 12.6. The summed E-state index contributed by atoms with van der Waals surface area (Å²) in [5, 5.41) is 10.3. The van der Waals surface area contributed by atoms with Crippen LogP contribution in [0, 0.1) is 0 Å². The van der Waals surface area contributed by atoms with Crippen molar-refractivity contribution in [1.29, 1.82) is 0 Å². The zero-order valence-electron chi connectivity index (χ0n) is 12.2. The fourth-order valence-corrected chi connectivity index (χ4v) is 3.65. The Kier molecular flexibility index (Phi) is 3.73. The van der Waals surface area contributed by atoms with Gasteiger partial charge in [-0.05, 0) is 51.7 Å². The average Bonchev–Trinajstić information content (AvgIpc) is 3.31. The molecule has 0 saturated heterocycles. The van der Waals surface area contributed by atoms with Crippen molar-refractivity contribution >= 4 is 44.4 Å². The van der Waals surface area contributed by atoms with Gasteiger partial charge in [0.2, 0.25) is 4.73 Å². The van der Waals surface area contributed by atoms with E-state index in [0.717, 1.165) is 11.1 Å². The van der Waals surface area contributed by atoms with E-state index in [1.54, 1.807) is 0 Å². The van der Waals surface area contributed by atoms with Gasteiger partial charge in [-0.25, -0.2) is 0 Å². The Morgan fingerprint density at radius 3 is 2.61 bits per heavy atom. The first kappa shape index (κ1) is 14.9. The minimum absolute atomic E-state index is 0.139. The van der Waals surface area contributed by atoms with Crippen molar-refractivity contribution in [3.8, 4) is 5.69 Å². The molecule has 1 aliphatic rings. The van der Waals surface area contributed by atoms with E-state index in [0.29, 0.717) is 16.5 Å². The SMILES string of the molecule is O=C(S)Cc1nnc(Br)n1-c1ccc(C2CC2)c2ccccc12. The van der Waals surface area contributed by atoms with Crippen LogP contribution in [0.15, 0.2) is 41.1 Å². The lowest BCUT2D eigenvalue weighted by Gasteiger charge is -2.13. The van der Waals surface area contributed by atoms with Crippen molar-refractivity contribution in [2.45, 2.75) is 25.2 Å². The molecule has 1 fully saturated rings. The number of carbonyl (C=O) groups is 1. The normalized spacial score (nSPS) is 14.3. The predicted molar refractivity (Wildman–Crippen MR) is 96.2 cm³/mol. The van der Waals surface area contributed by atoms with Gasteiger partial charge >= 0.3 is 0 Å². The second-order valence-corrected chi connectivity index (χ2v) is 6.99. The smallest absolute Gasteiger partial charge is 0.204 e. The Hall–Kier alpha value is -1.66. The van der Waals surface area contributed by atoms with Gasteiger partial charge < -0.3 is 0 Å². The maximum Gasteiger partial charge on any atom is 0.204 e. The highest BCUT2D eigenvalue weighted by Gasteiger charge is 2.26. The summed E-state index contributed by atoms with van der Waals surface area (Å²) in [7, 11) is 0. The average molecular weight is 388 g/mol. The standard InChI is InChI=1S/C17H14BrN3OS/c18-17-20-19-15(9-16(22)23)21(17)14-8-7-11(10-5-6-10)12-3-1-2-4-13(12)14/h1-4,7-8,10H,5-6,9H2,(H,22,23). The van der Waals surface area contributed by atoms with Gasteiger partial charge in [0.1, 0.15) is 5.82 Å². The molecule has 0 unspecified atom stereocenters. The van der Waals surface area contributed by atoms with Crippen molar-refractivity contribution in [1.82, 2.24) is 14.8 Å². The van der Waals surface area contributed by atoms with Gasteiger partial charge in [-0.1, -0.05) is 30.3 Å². The molecule has 0 radical (unpaired) electrons. The number of carbonyl (C=O) groups excluding carboxylic acids is 1. The number of fused-ring (bicyclic) bond motifs is 1. The highest BCUT2D eigenvalue weighted by atomic mass is 79.9. The molecular weight excluding hydrogens is 374 g/mol. The van der Waals surface area contributed by atoms with E-state index >= 15 is 0 Å². The van der Waals surface area contributed by atoms with Crippen LogP contribution in [0.2, 0.25) is 0 Å². The topological polar surface area (TPSA) is 47.8 Å². The maximum absolute atomic E-state index is 11.4. The Balaban J connectivity index is 1.95. The third-order valence-corrected chi connectivity index (χ3v) is 4.86. The van der Waals surface area contributed by atoms with Crippen LogP contribution < -0.4 is 0 Å². The van der Waals surface area contributed by atoms with Gasteiger partial charge in [0, 0.05) is 5.39 Å². The molecule has 116 valence electrons. The lowest BCUT2D eigenvalue weighted by Crippen LogP contribution is -2.06. The molecule has 1 saturated carbocycles. The zero-order valence-corrected chi connectivity index (χ0v) is 14.7. The zero-order chi connectivity index (χ0) is 16.0. The Morgan fingerprint density at radius 2 is 1.91 bits per heavy atom. The molecule has 0 atom stereocenters. The van der Waals surface area contributed by atoms with Crippen LogP contribution in [-0.2, 0) is 11.2 Å². The van der Waals surface area contributed by atoms with Crippen molar-refractivity contribution in [2.75, 3.05) is 0 Å². The number of rotatable bonds is 4. The first-order chi connectivity index (χ1) is 11.1. The van der Waals surface area contributed by atoms with Crippen LogP contribution in [0.3, 0.4) is 0 Å². The number of thiol groups is 1. The summed E-state index contributed by atoms with van der Waals surface area (Å²) in [6.45, 7) is 0. The molecule has 0 spiro atoms. The van der Waals surface area contributed by atoms with Gasteiger partial charge in [0.05, 0.1) is 12.1 Å². The summed E-state index contributed by atoms with van der Waals surface area (Å²) in [4.78, 5) is 11.4. The third kappa shape index (κ3) is 2.70. The molecule has 0 amide bonds. The fraction of sp³-hybridized carbons (Fsp3) is 0.235. The molecule has 2 aromatic carbocycles. The molecule has 3 aromatic rings. The summed E-state index contributed by atoms with van der Waals surface area (Å²) in [5.41, 5.74) is 2.38. The number of hydrogen-bond donors (Lipinski definition) is 1. The molecule has 4 nitrogen and oxygen atoms in total. The Labute approximate surface area is 147 Å². The molecule has 0 aliphatic heterocycles. The summed E-state index contributed by atoms with van der Waals surface area (Å²) < 4.78 is 2.47. The lowest BCUT2D eigenvalue weighted by atomic mass is 9.99. The summed E-state index contributed by atoms with van der Waals surface area (Å²) in [6.07, 6.45) is 2.67. The Morgan fingerprint density at radius 1 is 1.17 bits per heavy atom. The van der Waals surface area contributed by atoms with E-state index < -0.39 is 0 Å². The number of nitrogens with zero attached hydrogens (tertiary/aromatic N) is 3. The van der Waals surface area contributed by atoms with Crippen molar-refractivity contribution in [2.24, 2.45) is 0 Å². The van der Waals surface area contributed by atoms with Crippen LogP contribution in [0.25, 0.3) is 16.5 Å². The molecule has 4 rings (SSSR count). The second kappa shape index (κ2) is 5.76. The van der Waals surface area contributed by atoms with Crippen LogP contribution >= 0.6 is 28.6 Å². The minimum atomic E-state index is -0.231. The molecule has 1 aliphatic carbocycles. The second-order valence-electron chi connectivity index (χ2n) is 5.78. The summed E-state index contributed by atoms with van der Waals surface area (Å²) >= 11 is 7.31. The van der Waals surface area contributed by atoms with E-state index in [1.807, 2.05) is 10.6 Å². The Bertz CT molecular complexity index is 917. The molecule has 6 heteroatoms. The maximum atomic E-state index is 11.4. The van der Waals surface area contributed by atoms with E-state index in [2.05, 4.69) is 69.1 Å². The number of halogens is 1. The highest BCUT2D eigenvalue weighted by molar-refractivity contribution is 9.10. The quantitative estimate of drug-likeness (QED) is 0.686. The number of hydrogen-bond acceptors (Lipinski definition) is 3. The van der Waals surface area contributed by atoms with Gasteiger partial charge in [0.25, 0.3) is 0 Å². The summed E-state index contributed by atoms with van der Waals surface area (Å²) in [5.74, 6) is 1.26. The highest BCUT2D eigenvalue weighted by Crippen LogP contribution is 2.44. The third-order valence-electron chi connectivity index (χ3n) is 4.19. The van der Waals surface area contributed by atoms with Crippen LogP contribution in [0.1, 0.15) is 30.1 Å². The van der Waals surface area contributed by atoms with Crippen LogP contribution in [-0.4, -0.2) is 19.9 Å². The molecule has 1 heterocycles. The molecule has 23 heavy (non-hydrogen) atoms.